The van der Waals surface area contributed by atoms with E-state index in [-0.39, 0.29) is 10.9 Å². The molecule has 1 atom stereocenters. The molecule has 0 fully saturated rings. The molecule has 0 aliphatic carbocycles. The van der Waals surface area contributed by atoms with Crippen LogP contribution in [-0.2, 0) is 10.0 Å². The van der Waals surface area contributed by atoms with Crippen molar-refractivity contribution in [2.75, 3.05) is 19.4 Å². The van der Waals surface area contributed by atoms with Crippen molar-refractivity contribution in [3.05, 3.63) is 18.3 Å². The maximum atomic E-state index is 11.8. The summed E-state index contributed by atoms with van der Waals surface area (Å²) in [7, 11) is -0.472. The highest BCUT2D eigenvalue weighted by Crippen LogP contribution is 2.14. The summed E-state index contributed by atoms with van der Waals surface area (Å²) in [5, 5.41) is 3.03. The number of hydrogen-bond acceptors (Lipinski definition) is 4. The first-order valence-corrected chi connectivity index (χ1v) is 6.97. The van der Waals surface area contributed by atoms with E-state index in [0.29, 0.717) is 5.82 Å². The van der Waals surface area contributed by atoms with E-state index >= 15 is 0 Å². The Morgan fingerprint density at radius 1 is 1.50 bits per heavy atom. The molecule has 0 aromatic carbocycles. The first-order valence-electron chi connectivity index (χ1n) is 5.53. The van der Waals surface area contributed by atoms with Gasteiger partial charge in [0.1, 0.15) is 10.7 Å². The molecule has 98 valence electrons. The Balaban J connectivity index is 2.91. The predicted molar refractivity (Wildman–Crippen MR) is 71.6 cm³/mol. The maximum Gasteiger partial charge on any atom is 0.244 e. The third-order valence-corrected chi connectivity index (χ3v) is 4.25. The fourth-order valence-electron chi connectivity index (χ4n) is 1.27. The van der Waals surface area contributed by atoms with E-state index in [9.17, 15) is 8.42 Å². The Morgan fingerprint density at radius 2 is 2.17 bits per heavy atom. The number of nitrogens with zero attached hydrogens (tertiary/aromatic N) is 2. The van der Waals surface area contributed by atoms with Gasteiger partial charge < -0.3 is 5.32 Å². The summed E-state index contributed by atoms with van der Waals surface area (Å²) in [6.07, 6.45) is 7.42. The molecular formula is C12H17N3O2S. The molecule has 1 heterocycles. The van der Waals surface area contributed by atoms with Crippen LogP contribution in [0.5, 0.6) is 0 Å². The van der Waals surface area contributed by atoms with Crippen LogP contribution in [0.2, 0.25) is 0 Å². The van der Waals surface area contributed by atoms with Gasteiger partial charge in [0.05, 0.1) is 6.04 Å². The first kappa shape index (κ1) is 14.5. The highest BCUT2D eigenvalue weighted by molar-refractivity contribution is 7.89. The molecule has 5 nitrogen and oxygen atoms in total. The summed E-state index contributed by atoms with van der Waals surface area (Å²) in [6, 6.07) is 3.01. The highest BCUT2D eigenvalue weighted by Gasteiger charge is 2.17. The summed E-state index contributed by atoms with van der Waals surface area (Å²) in [4.78, 5) is 4.21. The lowest BCUT2D eigenvalue weighted by atomic mass is 10.2. The number of anilines is 1. The second-order valence-electron chi connectivity index (χ2n) is 3.94. The van der Waals surface area contributed by atoms with Gasteiger partial charge in [0.2, 0.25) is 10.0 Å². The Labute approximate surface area is 108 Å². The molecule has 0 bridgehead atoms. The van der Waals surface area contributed by atoms with E-state index in [1.54, 1.807) is 6.07 Å². The second-order valence-corrected chi connectivity index (χ2v) is 6.09. The molecule has 1 rings (SSSR count). The fourth-order valence-corrected chi connectivity index (χ4v) is 2.12. The van der Waals surface area contributed by atoms with Crippen LogP contribution >= 0.6 is 0 Å². The SMILES string of the molecule is C#CC(CC)Nc1ccc(S(=O)(=O)N(C)C)cn1. The summed E-state index contributed by atoms with van der Waals surface area (Å²) in [5.41, 5.74) is 0. The number of aromatic nitrogens is 1. The van der Waals surface area contributed by atoms with Crippen molar-refractivity contribution < 1.29 is 8.42 Å². The predicted octanol–water partition coefficient (Wildman–Crippen LogP) is 1.16. The van der Waals surface area contributed by atoms with Gasteiger partial charge in [-0.2, -0.15) is 0 Å². The van der Waals surface area contributed by atoms with Crippen molar-refractivity contribution in [3.8, 4) is 12.3 Å². The lowest BCUT2D eigenvalue weighted by Gasteiger charge is -2.13. The molecule has 18 heavy (non-hydrogen) atoms. The van der Waals surface area contributed by atoms with E-state index < -0.39 is 10.0 Å². The molecule has 1 aromatic heterocycles. The van der Waals surface area contributed by atoms with Gasteiger partial charge in [0.15, 0.2) is 0 Å². The molecular weight excluding hydrogens is 250 g/mol. The van der Waals surface area contributed by atoms with Crippen molar-refractivity contribution in [3.63, 3.8) is 0 Å². The van der Waals surface area contributed by atoms with Crippen LogP contribution in [-0.4, -0.2) is 37.8 Å². The van der Waals surface area contributed by atoms with E-state index in [1.807, 2.05) is 6.92 Å². The standard InChI is InChI=1S/C12H17N3O2S/c1-5-10(6-2)14-12-8-7-11(9-13-12)18(16,17)15(3)4/h1,7-10H,6H2,2-4H3,(H,13,14). The summed E-state index contributed by atoms with van der Waals surface area (Å²) in [6.45, 7) is 1.96. The first-order chi connectivity index (χ1) is 8.41. The molecule has 0 amide bonds. The number of hydrogen-bond donors (Lipinski definition) is 1. The minimum absolute atomic E-state index is 0.103. The number of nitrogens with one attached hydrogen (secondary N) is 1. The molecule has 0 saturated heterocycles. The van der Waals surface area contributed by atoms with Gasteiger partial charge in [0, 0.05) is 20.3 Å². The van der Waals surface area contributed by atoms with E-state index in [0.717, 1.165) is 10.7 Å². The van der Waals surface area contributed by atoms with Gasteiger partial charge in [-0.15, -0.1) is 6.42 Å². The zero-order chi connectivity index (χ0) is 13.8. The Kier molecular flexibility index (Phi) is 4.70. The largest absolute Gasteiger partial charge is 0.356 e. The smallest absolute Gasteiger partial charge is 0.244 e. The zero-order valence-corrected chi connectivity index (χ0v) is 11.5. The molecule has 1 N–H and O–H groups in total. The maximum absolute atomic E-state index is 11.8. The van der Waals surface area contributed by atoms with Crippen molar-refractivity contribution in [2.45, 2.75) is 24.3 Å². The molecule has 1 unspecified atom stereocenters. The molecule has 0 spiro atoms. The summed E-state index contributed by atoms with van der Waals surface area (Å²) >= 11 is 0. The van der Waals surface area contributed by atoms with Crippen LogP contribution < -0.4 is 5.32 Å². The van der Waals surface area contributed by atoms with Crippen LogP contribution in [0.15, 0.2) is 23.2 Å². The quantitative estimate of drug-likeness (QED) is 0.813. The van der Waals surface area contributed by atoms with Crippen LogP contribution in [0.1, 0.15) is 13.3 Å². The Hall–Kier alpha value is -1.58. The van der Waals surface area contributed by atoms with Crippen molar-refractivity contribution >= 4 is 15.8 Å². The molecule has 0 radical (unpaired) electrons. The lowest BCUT2D eigenvalue weighted by molar-refractivity contribution is 0.520. The second kappa shape index (κ2) is 5.85. The molecule has 1 aromatic rings. The Morgan fingerprint density at radius 3 is 2.56 bits per heavy atom. The average molecular weight is 267 g/mol. The van der Waals surface area contributed by atoms with Crippen molar-refractivity contribution in [2.24, 2.45) is 0 Å². The number of rotatable bonds is 5. The highest BCUT2D eigenvalue weighted by atomic mass is 32.2. The van der Waals surface area contributed by atoms with Gasteiger partial charge in [-0.1, -0.05) is 12.8 Å². The van der Waals surface area contributed by atoms with Crippen molar-refractivity contribution in [1.29, 1.82) is 0 Å². The normalized spacial score (nSPS) is 13.1. The monoisotopic (exact) mass is 267 g/mol. The van der Waals surface area contributed by atoms with E-state index in [2.05, 4.69) is 16.2 Å². The zero-order valence-electron chi connectivity index (χ0n) is 10.7. The van der Waals surface area contributed by atoms with Gasteiger partial charge in [-0.05, 0) is 18.6 Å². The number of sulfonamides is 1. The van der Waals surface area contributed by atoms with Crippen LogP contribution in [0.4, 0.5) is 5.82 Å². The number of terminal acetylenes is 1. The molecule has 6 heteroatoms. The third kappa shape index (κ3) is 3.22. The van der Waals surface area contributed by atoms with Crippen LogP contribution in [0, 0.1) is 12.3 Å². The minimum Gasteiger partial charge on any atom is -0.356 e. The molecule has 0 aliphatic heterocycles. The molecule has 0 aliphatic rings. The minimum atomic E-state index is -3.43. The third-order valence-electron chi connectivity index (χ3n) is 2.45. The van der Waals surface area contributed by atoms with E-state index in [4.69, 9.17) is 6.42 Å². The van der Waals surface area contributed by atoms with Crippen LogP contribution in [0.25, 0.3) is 0 Å². The topological polar surface area (TPSA) is 62.3 Å². The van der Waals surface area contributed by atoms with Crippen molar-refractivity contribution in [1.82, 2.24) is 9.29 Å². The van der Waals surface area contributed by atoms with Gasteiger partial charge in [-0.3, -0.25) is 0 Å². The Bertz CT molecular complexity index is 529. The van der Waals surface area contributed by atoms with Gasteiger partial charge >= 0.3 is 0 Å². The van der Waals surface area contributed by atoms with Gasteiger partial charge in [-0.25, -0.2) is 17.7 Å². The fraction of sp³-hybridized carbons (Fsp3) is 0.417. The average Bonchev–Trinajstić information content (AvgIpc) is 2.36. The van der Waals surface area contributed by atoms with E-state index in [1.165, 1.54) is 26.4 Å². The van der Waals surface area contributed by atoms with Crippen LogP contribution in [0.3, 0.4) is 0 Å². The number of pyridine rings is 1. The lowest BCUT2D eigenvalue weighted by Crippen LogP contribution is -2.22. The summed E-state index contributed by atoms with van der Waals surface area (Å²) < 4.78 is 24.8. The molecule has 0 saturated carbocycles. The van der Waals surface area contributed by atoms with Gasteiger partial charge in [0.25, 0.3) is 0 Å². The summed E-state index contributed by atoms with van der Waals surface area (Å²) in [5.74, 6) is 3.15.